The third kappa shape index (κ3) is 3.76. The first-order chi connectivity index (χ1) is 10.6. The fourth-order valence-electron chi connectivity index (χ4n) is 3.26. The molecule has 1 aliphatic rings. The van der Waals surface area contributed by atoms with Crippen molar-refractivity contribution in [1.29, 1.82) is 0 Å². The van der Waals surface area contributed by atoms with Crippen molar-refractivity contribution in [3.05, 3.63) is 48.5 Å². The molecule has 2 aromatic rings. The summed E-state index contributed by atoms with van der Waals surface area (Å²) in [6, 6.07) is 8.57. The lowest BCUT2D eigenvalue weighted by molar-refractivity contribution is 0.0297. The number of aromatic nitrogens is 2. The van der Waals surface area contributed by atoms with Crippen LogP contribution in [0.25, 0.3) is 5.69 Å². The Balaban J connectivity index is 1.52. The fraction of sp³-hybridized carbons (Fsp3) is 0.500. The van der Waals surface area contributed by atoms with Crippen molar-refractivity contribution in [3.8, 4) is 5.69 Å². The standard InChI is InChI=1S/C18H25N3O/c1-20(12-10-18(22)8-2-3-9-18)14-16-4-6-17(7-5-16)21-13-11-19-15-21/h4-7,11,13,15,22H,2-3,8-10,12,14H2,1H3. The third-order valence-corrected chi connectivity index (χ3v) is 4.68. The lowest BCUT2D eigenvalue weighted by Gasteiger charge is -2.25. The van der Waals surface area contributed by atoms with Crippen LogP contribution in [0.15, 0.2) is 43.0 Å². The van der Waals surface area contributed by atoms with E-state index in [2.05, 4.69) is 41.2 Å². The Labute approximate surface area is 132 Å². The summed E-state index contributed by atoms with van der Waals surface area (Å²) in [6.45, 7) is 1.86. The van der Waals surface area contributed by atoms with Crippen LogP contribution in [0.2, 0.25) is 0 Å². The zero-order chi connectivity index (χ0) is 15.4. The highest BCUT2D eigenvalue weighted by molar-refractivity contribution is 5.34. The van der Waals surface area contributed by atoms with Crippen LogP contribution < -0.4 is 0 Å². The molecule has 0 saturated heterocycles. The van der Waals surface area contributed by atoms with Gasteiger partial charge in [-0.2, -0.15) is 0 Å². The van der Waals surface area contributed by atoms with Gasteiger partial charge in [0, 0.05) is 31.2 Å². The minimum Gasteiger partial charge on any atom is -0.390 e. The highest BCUT2D eigenvalue weighted by atomic mass is 16.3. The number of imidazole rings is 1. The summed E-state index contributed by atoms with van der Waals surface area (Å²) in [6.07, 6.45) is 10.7. The smallest absolute Gasteiger partial charge is 0.0991 e. The molecule has 118 valence electrons. The topological polar surface area (TPSA) is 41.3 Å². The SMILES string of the molecule is CN(CCC1(O)CCCC1)Cc1ccc(-n2ccnc2)cc1. The third-order valence-electron chi connectivity index (χ3n) is 4.68. The van der Waals surface area contributed by atoms with Crippen LogP contribution in [-0.4, -0.2) is 38.8 Å². The van der Waals surface area contributed by atoms with Gasteiger partial charge in [-0.3, -0.25) is 0 Å². The van der Waals surface area contributed by atoms with Crippen LogP contribution in [0.5, 0.6) is 0 Å². The van der Waals surface area contributed by atoms with Gasteiger partial charge in [-0.25, -0.2) is 4.98 Å². The van der Waals surface area contributed by atoms with Crippen LogP contribution in [0.4, 0.5) is 0 Å². The van der Waals surface area contributed by atoms with Gasteiger partial charge in [-0.1, -0.05) is 25.0 Å². The lowest BCUT2D eigenvalue weighted by Crippen LogP contribution is -2.31. The van der Waals surface area contributed by atoms with E-state index in [1.807, 2.05) is 17.1 Å². The Morgan fingerprint density at radius 3 is 2.59 bits per heavy atom. The predicted molar refractivity (Wildman–Crippen MR) is 87.9 cm³/mol. The molecule has 1 aliphatic carbocycles. The summed E-state index contributed by atoms with van der Waals surface area (Å²) in [5, 5.41) is 10.4. The molecule has 1 fully saturated rings. The quantitative estimate of drug-likeness (QED) is 0.891. The van der Waals surface area contributed by atoms with Gasteiger partial charge in [0.1, 0.15) is 0 Å². The van der Waals surface area contributed by atoms with Crippen LogP contribution in [0.3, 0.4) is 0 Å². The highest BCUT2D eigenvalue weighted by Crippen LogP contribution is 2.32. The maximum atomic E-state index is 10.4. The summed E-state index contributed by atoms with van der Waals surface area (Å²) in [4.78, 5) is 6.36. The molecule has 0 atom stereocenters. The Bertz CT molecular complexity index is 571. The van der Waals surface area contributed by atoms with Gasteiger partial charge in [-0.15, -0.1) is 0 Å². The maximum absolute atomic E-state index is 10.4. The molecular weight excluding hydrogens is 274 g/mol. The Morgan fingerprint density at radius 1 is 1.23 bits per heavy atom. The Morgan fingerprint density at radius 2 is 1.95 bits per heavy atom. The van der Waals surface area contributed by atoms with Crippen molar-refractivity contribution in [3.63, 3.8) is 0 Å². The van der Waals surface area contributed by atoms with E-state index in [4.69, 9.17) is 0 Å². The molecule has 4 nitrogen and oxygen atoms in total. The number of benzene rings is 1. The predicted octanol–water partition coefficient (Wildman–Crippen LogP) is 3.00. The summed E-state index contributed by atoms with van der Waals surface area (Å²) in [5.41, 5.74) is 2.02. The molecule has 1 heterocycles. The molecule has 0 unspecified atom stereocenters. The molecular formula is C18H25N3O. The van der Waals surface area contributed by atoms with Crippen molar-refractivity contribution < 1.29 is 5.11 Å². The molecule has 4 heteroatoms. The van der Waals surface area contributed by atoms with Crippen LogP contribution in [0, 0.1) is 0 Å². The van der Waals surface area contributed by atoms with E-state index in [0.717, 1.165) is 38.0 Å². The molecule has 1 aromatic carbocycles. The van der Waals surface area contributed by atoms with Gasteiger partial charge in [0.2, 0.25) is 0 Å². The average molecular weight is 299 g/mol. The maximum Gasteiger partial charge on any atom is 0.0991 e. The number of rotatable bonds is 6. The monoisotopic (exact) mass is 299 g/mol. The first kappa shape index (κ1) is 15.3. The summed E-state index contributed by atoms with van der Waals surface area (Å²) in [5.74, 6) is 0. The second kappa shape index (κ2) is 6.63. The van der Waals surface area contributed by atoms with Crippen molar-refractivity contribution in [1.82, 2.24) is 14.5 Å². The number of hydrogen-bond acceptors (Lipinski definition) is 3. The number of hydrogen-bond donors (Lipinski definition) is 1. The van der Waals surface area contributed by atoms with Gasteiger partial charge >= 0.3 is 0 Å². The largest absolute Gasteiger partial charge is 0.390 e. The molecule has 3 rings (SSSR count). The minimum absolute atomic E-state index is 0.403. The molecule has 1 aromatic heterocycles. The van der Waals surface area contributed by atoms with Crippen LogP contribution in [0.1, 0.15) is 37.7 Å². The molecule has 0 spiro atoms. The zero-order valence-corrected chi connectivity index (χ0v) is 13.3. The van der Waals surface area contributed by atoms with Crippen LogP contribution in [-0.2, 0) is 6.54 Å². The summed E-state index contributed by atoms with van der Waals surface area (Å²) >= 11 is 0. The molecule has 0 amide bonds. The normalized spacial score (nSPS) is 17.2. The van der Waals surface area contributed by atoms with Gasteiger partial charge in [0.25, 0.3) is 0 Å². The van der Waals surface area contributed by atoms with E-state index in [0.29, 0.717) is 0 Å². The molecule has 0 bridgehead atoms. The lowest BCUT2D eigenvalue weighted by atomic mass is 9.98. The average Bonchev–Trinajstić information content (AvgIpc) is 3.18. The molecule has 1 saturated carbocycles. The second-order valence-electron chi connectivity index (χ2n) is 6.56. The van der Waals surface area contributed by atoms with Gasteiger partial charge in [-0.05, 0) is 44.0 Å². The number of aliphatic hydroxyl groups is 1. The van der Waals surface area contributed by atoms with Gasteiger partial charge in [0.05, 0.1) is 11.9 Å². The van der Waals surface area contributed by atoms with Crippen molar-refractivity contribution >= 4 is 0 Å². The first-order valence-electron chi connectivity index (χ1n) is 8.13. The summed E-state index contributed by atoms with van der Waals surface area (Å²) < 4.78 is 2.00. The Kier molecular flexibility index (Phi) is 4.60. The van der Waals surface area contributed by atoms with E-state index in [1.165, 1.54) is 18.4 Å². The fourth-order valence-corrected chi connectivity index (χ4v) is 3.26. The van der Waals surface area contributed by atoms with E-state index in [-0.39, 0.29) is 0 Å². The van der Waals surface area contributed by atoms with Crippen molar-refractivity contribution in [2.45, 2.75) is 44.2 Å². The first-order valence-corrected chi connectivity index (χ1v) is 8.13. The van der Waals surface area contributed by atoms with Crippen molar-refractivity contribution in [2.75, 3.05) is 13.6 Å². The molecule has 0 aliphatic heterocycles. The second-order valence-corrected chi connectivity index (χ2v) is 6.56. The highest BCUT2D eigenvalue weighted by Gasteiger charge is 2.30. The molecule has 0 radical (unpaired) electrons. The van der Waals surface area contributed by atoms with E-state index < -0.39 is 5.60 Å². The van der Waals surface area contributed by atoms with E-state index >= 15 is 0 Å². The van der Waals surface area contributed by atoms with Crippen LogP contribution >= 0.6 is 0 Å². The van der Waals surface area contributed by atoms with Crippen molar-refractivity contribution in [2.24, 2.45) is 0 Å². The van der Waals surface area contributed by atoms with E-state index in [1.54, 1.807) is 6.20 Å². The summed E-state index contributed by atoms with van der Waals surface area (Å²) in [7, 11) is 2.13. The Hall–Kier alpha value is -1.65. The molecule has 1 N–H and O–H groups in total. The van der Waals surface area contributed by atoms with Gasteiger partial charge in [0.15, 0.2) is 0 Å². The van der Waals surface area contributed by atoms with Gasteiger partial charge < -0.3 is 14.6 Å². The zero-order valence-electron chi connectivity index (χ0n) is 13.3. The minimum atomic E-state index is -0.403. The number of nitrogens with zero attached hydrogens (tertiary/aromatic N) is 3. The molecule has 22 heavy (non-hydrogen) atoms. The van der Waals surface area contributed by atoms with E-state index in [9.17, 15) is 5.11 Å².